The third kappa shape index (κ3) is 3.76. The fraction of sp³-hybridized carbons (Fsp3) is 0. The van der Waals surface area contributed by atoms with Crippen molar-refractivity contribution in [3.63, 3.8) is 0 Å². The number of rotatable bonds is 3. The lowest BCUT2D eigenvalue weighted by Crippen LogP contribution is -1.96. The van der Waals surface area contributed by atoms with Crippen molar-refractivity contribution < 1.29 is 0 Å². The molecule has 0 atom stereocenters. The first-order valence-corrected chi connectivity index (χ1v) is 17.6. The molecule has 49 heavy (non-hydrogen) atoms. The lowest BCUT2D eigenvalue weighted by molar-refractivity contribution is 1.18. The van der Waals surface area contributed by atoms with Crippen molar-refractivity contribution >= 4 is 85.9 Å². The summed E-state index contributed by atoms with van der Waals surface area (Å²) in [5.74, 6) is 0. The third-order valence-corrected chi connectivity index (χ3v) is 11.4. The number of hydrogen-bond acceptors (Lipinski definition) is 1. The molecule has 0 aliphatic rings. The number of para-hydroxylation sites is 3. The van der Waals surface area contributed by atoms with Crippen molar-refractivity contribution in [1.29, 1.82) is 0 Å². The second kappa shape index (κ2) is 10.2. The highest BCUT2D eigenvalue weighted by Gasteiger charge is 2.24. The molecular formula is C46H28N2S. The minimum absolute atomic E-state index is 1.16. The molecule has 0 N–H and O–H groups in total. The molecule has 3 heteroatoms. The van der Waals surface area contributed by atoms with Crippen LogP contribution in [0.1, 0.15) is 0 Å². The van der Waals surface area contributed by atoms with E-state index in [1.807, 2.05) is 11.3 Å². The lowest BCUT2D eigenvalue weighted by atomic mass is 9.99. The second-order valence-corrected chi connectivity index (χ2v) is 14.0. The summed E-state index contributed by atoms with van der Waals surface area (Å²) < 4.78 is 7.63. The van der Waals surface area contributed by atoms with Crippen LogP contribution >= 0.6 is 11.3 Å². The first-order chi connectivity index (χ1) is 24.3. The van der Waals surface area contributed by atoms with Gasteiger partial charge in [0.25, 0.3) is 0 Å². The quantitative estimate of drug-likeness (QED) is 0.182. The van der Waals surface area contributed by atoms with E-state index < -0.39 is 0 Å². The van der Waals surface area contributed by atoms with Gasteiger partial charge in [0.2, 0.25) is 0 Å². The Morgan fingerprint density at radius 2 is 0.857 bits per heavy atom. The highest BCUT2D eigenvalue weighted by molar-refractivity contribution is 7.25. The van der Waals surface area contributed by atoms with Crippen LogP contribution in [-0.4, -0.2) is 9.13 Å². The number of nitrogens with zero attached hydrogens (tertiary/aromatic N) is 2. The van der Waals surface area contributed by atoms with Gasteiger partial charge < -0.3 is 9.13 Å². The average molecular weight is 641 g/mol. The molecule has 228 valence electrons. The maximum atomic E-state index is 2.50. The zero-order valence-corrected chi connectivity index (χ0v) is 27.3. The Hall–Kier alpha value is -6.16. The number of thiophene rings is 1. The summed E-state index contributed by atoms with van der Waals surface area (Å²) >= 11 is 1.87. The molecule has 0 unspecified atom stereocenters. The van der Waals surface area contributed by atoms with Crippen LogP contribution in [-0.2, 0) is 0 Å². The van der Waals surface area contributed by atoms with Crippen LogP contribution in [0.3, 0.4) is 0 Å². The monoisotopic (exact) mass is 640 g/mol. The molecule has 0 radical (unpaired) electrons. The topological polar surface area (TPSA) is 9.86 Å². The normalized spacial score (nSPS) is 12.1. The molecule has 3 heterocycles. The average Bonchev–Trinajstić information content (AvgIpc) is 3.83. The molecule has 0 saturated carbocycles. The first-order valence-electron chi connectivity index (χ1n) is 16.8. The van der Waals surface area contributed by atoms with E-state index in [1.165, 1.54) is 91.4 Å². The van der Waals surface area contributed by atoms with Crippen LogP contribution in [0.5, 0.6) is 0 Å². The molecule has 11 aromatic rings. The predicted octanol–water partition coefficient (Wildman–Crippen LogP) is 13.1. The van der Waals surface area contributed by atoms with Crippen LogP contribution in [0.4, 0.5) is 0 Å². The van der Waals surface area contributed by atoms with E-state index in [1.54, 1.807) is 0 Å². The van der Waals surface area contributed by atoms with E-state index in [0.29, 0.717) is 0 Å². The molecular weight excluding hydrogens is 613 g/mol. The van der Waals surface area contributed by atoms with Crippen molar-refractivity contribution in [1.82, 2.24) is 9.13 Å². The van der Waals surface area contributed by atoms with E-state index in [0.717, 1.165) is 5.69 Å². The van der Waals surface area contributed by atoms with Crippen LogP contribution in [0, 0.1) is 0 Å². The Kier molecular flexibility index (Phi) is 5.57. The van der Waals surface area contributed by atoms with E-state index >= 15 is 0 Å². The summed E-state index contributed by atoms with van der Waals surface area (Å²) in [4.78, 5) is 0. The largest absolute Gasteiger partial charge is 0.309 e. The van der Waals surface area contributed by atoms with Crippen molar-refractivity contribution in [2.24, 2.45) is 0 Å². The number of aromatic nitrogens is 2. The molecule has 0 aliphatic heterocycles. The van der Waals surface area contributed by atoms with Crippen LogP contribution in [0.2, 0.25) is 0 Å². The van der Waals surface area contributed by atoms with Gasteiger partial charge in [0, 0.05) is 58.5 Å². The molecule has 2 nitrogen and oxygen atoms in total. The Morgan fingerprint density at radius 1 is 0.327 bits per heavy atom. The van der Waals surface area contributed by atoms with Gasteiger partial charge >= 0.3 is 0 Å². The Morgan fingerprint density at radius 3 is 1.61 bits per heavy atom. The van der Waals surface area contributed by atoms with Gasteiger partial charge in [-0.05, 0) is 71.1 Å². The van der Waals surface area contributed by atoms with Crippen molar-refractivity contribution in [2.75, 3.05) is 0 Å². The molecule has 3 aromatic heterocycles. The molecule has 0 spiro atoms. The minimum Gasteiger partial charge on any atom is -0.309 e. The maximum absolute atomic E-state index is 2.50. The van der Waals surface area contributed by atoms with E-state index in [2.05, 4.69) is 179 Å². The van der Waals surface area contributed by atoms with Gasteiger partial charge in [-0.15, -0.1) is 11.3 Å². The van der Waals surface area contributed by atoms with E-state index in [-0.39, 0.29) is 0 Å². The lowest BCUT2D eigenvalue weighted by Gasteiger charge is -2.13. The maximum Gasteiger partial charge on any atom is 0.0647 e. The Bertz CT molecular complexity index is 3090. The molecule has 0 aliphatic carbocycles. The fourth-order valence-electron chi connectivity index (χ4n) is 8.21. The van der Waals surface area contributed by atoms with Crippen LogP contribution < -0.4 is 0 Å². The fourth-order valence-corrected chi connectivity index (χ4v) is 9.30. The van der Waals surface area contributed by atoms with Gasteiger partial charge in [0.15, 0.2) is 0 Å². The zero-order valence-electron chi connectivity index (χ0n) is 26.5. The zero-order chi connectivity index (χ0) is 32.1. The number of benzene rings is 8. The molecule has 0 amide bonds. The second-order valence-electron chi connectivity index (χ2n) is 12.9. The summed E-state index contributed by atoms with van der Waals surface area (Å²) in [5, 5.41) is 10.3. The van der Waals surface area contributed by atoms with Gasteiger partial charge in [-0.25, -0.2) is 0 Å². The standard InChI is InChI=1S/C46H28N2S/c1-2-12-31(13-3-1)47-40-20-10-7-18-37(40)44-45(47)35-16-5-4-15-34(35)43-36-17-6-9-19-39(36)48(46(43)44)32-25-22-29(23-26-32)30-24-27-42-38(28-30)33-14-8-11-21-41(33)49-42/h1-28H. The first kappa shape index (κ1) is 26.9. The van der Waals surface area contributed by atoms with Crippen molar-refractivity contribution in [3.8, 4) is 22.5 Å². The Labute approximate surface area is 286 Å². The molecule has 0 saturated heterocycles. The molecule has 11 rings (SSSR count). The summed E-state index contributed by atoms with van der Waals surface area (Å²) in [6, 6.07) is 62.3. The predicted molar refractivity (Wildman–Crippen MR) is 211 cm³/mol. The van der Waals surface area contributed by atoms with Gasteiger partial charge in [-0.1, -0.05) is 115 Å². The van der Waals surface area contributed by atoms with Gasteiger partial charge in [-0.3, -0.25) is 0 Å². The van der Waals surface area contributed by atoms with Crippen LogP contribution in [0.15, 0.2) is 170 Å². The third-order valence-electron chi connectivity index (χ3n) is 10.3. The van der Waals surface area contributed by atoms with Crippen molar-refractivity contribution in [3.05, 3.63) is 170 Å². The highest BCUT2D eigenvalue weighted by Crippen LogP contribution is 2.47. The number of hydrogen-bond donors (Lipinski definition) is 0. The summed E-state index contributed by atoms with van der Waals surface area (Å²) in [6.45, 7) is 0. The van der Waals surface area contributed by atoms with Crippen molar-refractivity contribution in [2.45, 2.75) is 0 Å². The number of fused-ring (bicyclic) bond motifs is 13. The SMILES string of the molecule is c1ccc(-n2c3ccccc3c3c2c2ccccc2c2c4ccccc4n(-c4ccc(-c5ccc6sc7ccccc7c6c5)cc4)c23)cc1. The van der Waals surface area contributed by atoms with Gasteiger partial charge in [0.1, 0.15) is 0 Å². The summed E-state index contributed by atoms with van der Waals surface area (Å²) in [7, 11) is 0. The summed E-state index contributed by atoms with van der Waals surface area (Å²) in [5.41, 5.74) is 9.70. The van der Waals surface area contributed by atoms with Gasteiger partial charge in [0.05, 0.1) is 22.1 Å². The minimum atomic E-state index is 1.16. The Balaban J connectivity index is 1.23. The van der Waals surface area contributed by atoms with E-state index in [9.17, 15) is 0 Å². The molecule has 0 fully saturated rings. The molecule has 8 aromatic carbocycles. The smallest absolute Gasteiger partial charge is 0.0647 e. The molecule has 0 bridgehead atoms. The van der Waals surface area contributed by atoms with Gasteiger partial charge in [-0.2, -0.15) is 0 Å². The van der Waals surface area contributed by atoms with E-state index in [4.69, 9.17) is 0 Å². The summed E-state index contributed by atoms with van der Waals surface area (Å²) in [6.07, 6.45) is 0. The highest BCUT2D eigenvalue weighted by atomic mass is 32.1. The van der Waals surface area contributed by atoms with Crippen LogP contribution in [0.25, 0.3) is 97.1 Å².